The van der Waals surface area contributed by atoms with Crippen molar-refractivity contribution in [2.75, 3.05) is 11.4 Å². The molecule has 1 unspecified atom stereocenters. The minimum atomic E-state index is -0.417. The van der Waals surface area contributed by atoms with Gasteiger partial charge in [0.15, 0.2) is 0 Å². The molecule has 0 amide bonds. The molecule has 1 aliphatic rings. The smallest absolute Gasteiger partial charge is 0.123 e. The molecule has 4 aromatic rings. The topological polar surface area (TPSA) is 41.3 Å². The van der Waals surface area contributed by atoms with Crippen molar-refractivity contribution in [3.05, 3.63) is 119 Å². The zero-order valence-electron chi connectivity index (χ0n) is 19.2. The van der Waals surface area contributed by atoms with Crippen molar-refractivity contribution in [3.8, 4) is 5.75 Å². The van der Waals surface area contributed by atoms with Crippen LogP contribution in [0.2, 0.25) is 0 Å². The zero-order valence-corrected chi connectivity index (χ0v) is 20.8. The van der Waals surface area contributed by atoms with Crippen LogP contribution in [-0.2, 0) is 19.0 Å². The van der Waals surface area contributed by atoms with E-state index in [-0.39, 0.29) is 11.6 Å². The van der Waals surface area contributed by atoms with Gasteiger partial charge >= 0.3 is 0 Å². The molecule has 2 heterocycles. The summed E-state index contributed by atoms with van der Waals surface area (Å²) in [4.78, 5) is 6.29. The lowest BCUT2D eigenvalue weighted by Gasteiger charge is -2.48. The molecule has 4 nitrogen and oxygen atoms in total. The Balaban J connectivity index is 0.000000291. The second kappa shape index (κ2) is 9.85. The van der Waals surface area contributed by atoms with Crippen LogP contribution in [0.25, 0.3) is 6.08 Å². The minimum absolute atomic E-state index is 0.235. The number of nitrogens with zero attached hydrogens (tertiary/aromatic N) is 3. The lowest BCUT2D eigenvalue weighted by Crippen LogP contribution is -2.49. The molecule has 174 valence electrons. The summed E-state index contributed by atoms with van der Waals surface area (Å²) in [7, 11) is 1.93. The number of rotatable bonds is 3. The van der Waals surface area contributed by atoms with Gasteiger partial charge in [0.1, 0.15) is 11.6 Å². The van der Waals surface area contributed by atoms with Gasteiger partial charge in [-0.2, -0.15) is 0 Å². The molecule has 0 saturated heterocycles. The average molecular weight is 520 g/mol. The van der Waals surface area contributed by atoms with Gasteiger partial charge in [-0.15, -0.1) is 0 Å². The number of aromatic hydroxyl groups is 1. The molecule has 0 radical (unpaired) electrons. The summed E-state index contributed by atoms with van der Waals surface area (Å²) < 4.78 is 16.4. The summed E-state index contributed by atoms with van der Waals surface area (Å²) in [6, 6.07) is 20.6. The maximum absolute atomic E-state index is 13.4. The second-order valence-electron chi connectivity index (χ2n) is 8.47. The van der Waals surface area contributed by atoms with Gasteiger partial charge in [-0.25, -0.2) is 9.37 Å². The molecule has 3 aromatic carbocycles. The van der Waals surface area contributed by atoms with E-state index in [1.165, 1.54) is 12.1 Å². The molecule has 0 saturated carbocycles. The standard InChI is InChI=1S/C22H19BrFNO.C6H8N2/c1-22(16-2-4-17(23)5-3-16)21-11-10-20(26)14-15(21)12-13-25(22)19-8-6-18(24)7-9-19;1-3-6-4-8(2)5-7-6/h2-11,14,26H,12-13H2,1H3;3-5H,1H2,2H3. The summed E-state index contributed by atoms with van der Waals surface area (Å²) in [5.74, 6) is 0.0542. The Labute approximate surface area is 208 Å². The van der Waals surface area contributed by atoms with E-state index in [0.29, 0.717) is 0 Å². The van der Waals surface area contributed by atoms with Crippen molar-refractivity contribution in [1.82, 2.24) is 9.55 Å². The maximum atomic E-state index is 13.4. The molecule has 1 atom stereocenters. The number of aryl methyl sites for hydroxylation is 1. The van der Waals surface area contributed by atoms with Crippen molar-refractivity contribution >= 4 is 27.7 Å². The monoisotopic (exact) mass is 519 g/mol. The molecule has 34 heavy (non-hydrogen) atoms. The molecule has 0 bridgehead atoms. The van der Waals surface area contributed by atoms with Gasteiger partial charge in [-0.05, 0) is 84.6 Å². The van der Waals surface area contributed by atoms with E-state index in [0.717, 1.165) is 45.5 Å². The number of fused-ring (bicyclic) bond motifs is 1. The normalized spacial score (nSPS) is 16.9. The lowest BCUT2D eigenvalue weighted by atomic mass is 9.76. The number of anilines is 1. The summed E-state index contributed by atoms with van der Waals surface area (Å²) in [6.07, 6.45) is 6.21. The van der Waals surface area contributed by atoms with Crippen LogP contribution < -0.4 is 4.90 Å². The Bertz CT molecular complexity index is 1280. The number of hydrogen-bond donors (Lipinski definition) is 1. The van der Waals surface area contributed by atoms with Crippen molar-refractivity contribution in [3.63, 3.8) is 0 Å². The summed E-state index contributed by atoms with van der Waals surface area (Å²) in [5.41, 5.74) is 4.95. The molecule has 6 heteroatoms. The number of aromatic nitrogens is 2. The first-order valence-electron chi connectivity index (χ1n) is 11.0. The van der Waals surface area contributed by atoms with Crippen LogP contribution in [-0.4, -0.2) is 21.2 Å². The zero-order chi connectivity index (χ0) is 24.3. The highest BCUT2D eigenvalue weighted by molar-refractivity contribution is 9.10. The number of halogens is 2. The van der Waals surface area contributed by atoms with E-state index in [2.05, 4.69) is 51.4 Å². The first-order chi connectivity index (χ1) is 16.3. The van der Waals surface area contributed by atoms with E-state index in [4.69, 9.17) is 0 Å². The van der Waals surface area contributed by atoms with E-state index in [1.54, 1.807) is 18.5 Å². The fourth-order valence-corrected chi connectivity index (χ4v) is 4.76. The van der Waals surface area contributed by atoms with Gasteiger partial charge in [0, 0.05) is 29.9 Å². The molecule has 1 aliphatic heterocycles. The first-order valence-corrected chi connectivity index (χ1v) is 11.8. The van der Waals surface area contributed by atoms with E-state index in [1.807, 2.05) is 54.2 Å². The molecule has 0 aliphatic carbocycles. The van der Waals surface area contributed by atoms with Gasteiger partial charge < -0.3 is 14.6 Å². The molecule has 0 fully saturated rings. The molecule has 0 spiro atoms. The maximum Gasteiger partial charge on any atom is 0.123 e. The number of phenolic OH excluding ortho intramolecular Hbond substituents is 1. The molecule has 5 rings (SSSR count). The molecule has 1 N–H and O–H groups in total. The quantitative estimate of drug-likeness (QED) is 0.328. The summed E-state index contributed by atoms with van der Waals surface area (Å²) >= 11 is 3.51. The van der Waals surface area contributed by atoms with Gasteiger partial charge in [0.25, 0.3) is 0 Å². The summed E-state index contributed by atoms with van der Waals surface area (Å²) in [5, 5.41) is 9.92. The Hall–Kier alpha value is -3.38. The SMILES string of the molecule is C=Cc1cn(C)cn1.CC1(c2ccc(Br)cc2)c2ccc(O)cc2CCN1c1ccc(F)cc1. The number of benzene rings is 3. The average Bonchev–Trinajstić information content (AvgIpc) is 3.26. The Morgan fingerprint density at radius 2 is 1.79 bits per heavy atom. The Kier molecular flexibility index (Phi) is 6.89. The van der Waals surface area contributed by atoms with E-state index in [9.17, 15) is 9.50 Å². The van der Waals surface area contributed by atoms with Crippen molar-refractivity contribution in [1.29, 1.82) is 0 Å². The van der Waals surface area contributed by atoms with Crippen LogP contribution in [0.4, 0.5) is 10.1 Å². The highest BCUT2D eigenvalue weighted by Gasteiger charge is 2.40. The molecular formula is C28H27BrFN3O. The minimum Gasteiger partial charge on any atom is -0.508 e. The van der Waals surface area contributed by atoms with Crippen LogP contribution in [0, 0.1) is 5.82 Å². The van der Waals surface area contributed by atoms with Crippen LogP contribution in [0.15, 0.2) is 90.3 Å². The Morgan fingerprint density at radius 3 is 2.38 bits per heavy atom. The molecule has 1 aromatic heterocycles. The largest absolute Gasteiger partial charge is 0.508 e. The predicted molar refractivity (Wildman–Crippen MR) is 139 cm³/mol. The van der Waals surface area contributed by atoms with Crippen LogP contribution in [0.3, 0.4) is 0 Å². The third-order valence-corrected chi connectivity index (χ3v) is 6.77. The van der Waals surface area contributed by atoms with Crippen LogP contribution in [0.5, 0.6) is 5.75 Å². The number of imidazole rings is 1. The van der Waals surface area contributed by atoms with Gasteiger partial charge in [0.2, 0.25) is 0 Å². The van der Waals surface area contributed by atoms with Crippen LogP contribution in [0.1, 0.15) is 29.3 Å². The second-order valence-corrected chi connectivity index (χ2v) is 9.38. The van der Waals surface area contributed by atoms with Gasteiger partial charge in [-0.1, -0.05) is 40.7 Å². The number of hydrogen-bond acceptors (Lipinski definition) is 3. The lowest BCUT2D eigenvalue weighted by molar-refractivity contribution is 0.463. The van der Waals surface area contributed by atoms with Crippen molar-refractivity contribution in [2.45, 2.75) is 18.9 Å². The highest BCUT2D eigenvalue weighted by Crippen LogP contribution is 2.44. The van der Waals surface area contributed by atoms with Gasteiger partial charge in [0.05, 0.1) is 17.6 Å². The highest BCUT2D eigenvalue weighted by atomic mass is 79.9. The van der Waals surface area contributed by atoms with Crippen molar-refractivity contribution < 1.29 is 9.50 Å². The van der Waals surface area contributed by atoms with E-state index < -0.39 is 5.54 Å². The fraction of sp³-hybridized carbons (Fsp3) is 0.179. The summed E-state index contributed by atoms with van der Waals surface area (Å²) in [6.45, 7) is 6.54. The van der Waals surface area contributed by atoms with Crippen LogP contribution >= 0.6 is 15.9 Å². The molecular weight excluding hydrogens is 493 g/mol. The van der Waals surface area contributed by atoms with E-state index >= 15 is 0 Å². The van der Waals surface area contributed by atoms with Crippen molar-refractivity contribution in [2.24, 2.45) is 7.05 Å². The third kappa shape index (κ3) is 4.77. The Morgan fingerprint density at radius 1 is 1.09 bits per heavy atom. The first kappa shape index (κ1) is 23.8. The third-order valence-electron chi connectivity index (χ3n) is 6.24. The fourth-order valence-electron chi connectivity index (χ4n) is 4.50. The van der Waals surface area contributed by atoms with Gasteiger partial charge in [-0.3, -0.25) is 0 Å². The number of phenols is 1. The predicted octanol–water partition coefficient (Wildman–Crippen LogP) is 6.68.